The molecule has 1 saturated heterocycles. The standard InChI is InChI=1S/C23H29FN4O/c1-3-21-19(15-18-7-4-5-10-20(18)24)22(26-16(2)25-21)27-11-13-28(14-12-27)23(29)17-8-6-9-17/h4-5,7,10,17H,3,6,8-9,11-15H2,1-2H3. The summed E-state index contributed by atoms with van der Waals surface area (Å²) >= 11 is 0. The zero-order chi connectivity index (χ0) is 20.4. The largest absolute Gasteiger partial charge is 0.353 e. The number of benzene rings is 1. The van der Waals surface area contributed by atoms with Crippen LogP contribution in [-0.2, 0) is 17.6 Å². The molecule has 1 saturated carbocycles. The zero-order valence-corrected chi connectivity index (χ0v) is 17.3. The first-order valence-electron chi connectivity index (χ1n) is 10.7. The summed E-state index contributed by atoms with van der Waals surface area (Å²) in [6.07, 6.45) is 4.51. The Morgan fingerprint density at radius 1 is 1.14 bits per heavy atom. The van der Waals surface area contributed by atoms with Crippen molar-refractivity contribution in [2.75, 3.05) is 31.1 Å². The molecule has 1 aliphatic heterocycles. The van der Waals surface area contributed by atoms with E-state index in [2.05, 4.69) is 16.8 Å². The van der Waals surface area contributed by atoms with E-state index in [1.165, 1.54) is 12.5 Å². The highest BCUT2D eigenvalue weighted by atomic mass is 19.1. The van der Waals surface area contributed by atoms with Gasteiger partial charge in [0.1, 0.15) is 17.5 Å². The fourth-order valence-electron chi connectivity index (χ4n) is 4.26. The molecule has 2 aromatic rings. The summed E-state index contributed by atoms with van der Waals surface area (Å²) in [7, 11) is 0. The van der Waals surface area contributed by atoms with Gasteiger partial charge in [0.15, 0.2) is 0 Å². The van der Waals surface area contributed by atoms with Crippen LogP contribution in [0.25, 0.3) is 0 Å². The van der Waals surface area contributed by atoms with Gasteiger partial charge in [-0.2, -0.15) is 0 Å². The highest BCUT2D eigenvalue weighted by molar-refractivity contribution is 5.80. The Balaban J connectivity index is 1.57. The van der Waals surface area contributed by atoms with Crippen LogP contribution in [0.1, 0.15) is 48.8 Å². The van der Waals surface area contributed by atoms with Crippen LogP contribution in [-0.4, -0.2) is 47.0 Å². The van der Waals surface area contributed by atoms with Crippen molar-refractivity contribution in [3.63, 3.8) is 0 Å². The first kappa shape index (κ1) is 19.8. The number of piperazine rings is 1. The third-order valence-electron chi connectivity index (χ3n) is 6.19. The van der Waals surface area contributed by atoms with E-state index in [0.717, 1.165) is 68.3 Å². The van der Waals surface area contributed by atoms with Crippen LogP contribution in [0.4, 0.5) is 10.2 Å². The second kappa shape index (κ2) is 8.47. The number of amides is 1. The van der Waals surface area contributed by atoms with E-state index < -0.39 is 0 Å². The van der Waals surface area contributed by atoms with Gasteiger partial charge in [-0.3, -0.25) is 4.79 Å². The van der Waals surface area contributed by atoms with Crippen molar-refractivity contribution in [1.29, 1.82) is 0 Å². The Labute approximate surface area is 172 Å². The zero-order valence-electron chi connectivity index (χ0n) is 17.3. The Kier molecular flexibility index (Phi) is 5.79. The minimum Gasteiger partial charge on any atom is -0.353 e. The van der Waals surface area contributed by atoms with E-state index in [-0.39, 0.29) is 11.7 Å². The minimum atomic E-state index is -0.197. The topological polar surface area (TPSA) is 49.3 Å². The highest BCUT2D eigenvalue weighted by Gasteiger charge is 2.32. The van der Waals surface area contributed by atoms with Gasteiger partial charge in [-0.15, -0.1) is 0 Å². The third kappa shape index (κ3) is 4.11. The third-order valence-corrected chi connectivity index (χ3v) is 6.19. The average molecular weight is 397 g/mol. The molecule has 0 bridgehead atoms. The van der Waals surface area contributed by atoms with E-state index in [1.807, 2.05) is 24.0 Å². The Bertz CT molecular complexity index is 888. The molecule has 6 heteroatoms. The highest BCUT2D eigenvalue weighted by Crippen LogP contribution is 2.30. The van der Waals surface area contributed by atoms with Gasteiger partial charge < -0.3 is 9.80 Å². The van der Waals surface area contributed by atoms with E-state index in [1.54, 1.807) is 6.07 Å². The maximum atomic E-state index is 14.3. The molecule has 1 aliphatic carbocycles. The Hall–Kier alpha value is -2.50. The van der Waals surface area contributed by atoms with Crippen LogP contribution in [0.5, 0.6) is 0 Å². The number of anilines is 1. The van der Waals surface area contributed by atoms with E-state index in [4.69, 9.17) is 4.98 Å². The van der Waals surface area contributed by atoms with Crippen LogP contribution in [0, 0.1) is 18.7 Å². The molecule has 0 atom stereocenters. The lowest BCUT2D eigenvalue weighted by atomic mass is 9.84. The predicted molar refractivity (Wildman–Crippen MR) is 111 cm³/mol. The molecule has 1 amide bonds. The van der Waals surface area contributed by atoms with Gasteiger partial charge in [-0.1, -0.05) is 31.5 Å². The maximum absolute atomic E-state index is 14.3. The summed E-state index contributed by atoms with van der Waals surface area (Å²) in [4.78, 5) is 26.2. The molecule has 4 rings (SSSR count). The van der Waals surface area contributed by atoms with E-state index in [0.29, 0.717) is 17.9 Å². The van der Waals surface area contributed by atoms with Crippen LogP contribution < -0.4 is 4.90 Å². The molecule has 2 fully saturated rings. The van der Waals surface area contributed by atoms with Gasteiger partial charge in [-0.25, -0.2) is 14.4 Å². The fourth-order valence-corrected chi connectivity index (χ4v) is 4.26. The van der Waals surface area contributed by atoms with E-state index in [9.17, 15) is 9.18 Å². The van der Waals surface area contributed by atoms with Gasteiger partial charge in [0.25, 0.3) is 0 Å². The van der Waals surface area contributed by atoms with Gasteiger partial charge in [0, 0.05) is 49.8 Å². The van der Waals surface area contributed by atoms with Crippen molar-refractivity contribution in [3.05, 3.63) is 52.7 Å². The molecule has 1 aromatic heterocycles. The summed E-state index contributed by atoms with van der Waals surface area (Å²) in [6, 6.07) is 6.90. The number of aryl methyl sites for hydroxylation is 2. The van der Waals surface area contributed by atoms with Crippen LogP contribution in [0.3, 0.4) is 0 Å². The maximum Gasteiger partial charge on any atom is 0.225 e. The number of rotatable bonds is 5. The lowest BCUT2D eigenvalue weighted by molar-refractivity contribution is -0.138. The summed E-state index contributed by atoms with van der Waals surface area (Å²) in [5.74, 6) is 1.99. The van der Waals surface area contributed by atoms with E-state index >= 15 is 0 Å². The number of nitrogens with zero attached hydrogens (tertiary/aromatic N) is 4. The van der Waals surface area contributed by atoms with Crippen LogP contribution >= 0.6 is 0 Å². The monoisotopic (exact) mass is 396 g/mol. The second-order valence-corrected chi connectivity index (χ2v) is 8.08. The van der Waals surface area contributed by atoms with Crippen molar-refractivity contribution in [2.45, 2.75) is 46.0 Å². The first-order chi connectivity index (χ1) is 14.1. The normalized spacial score (nSPS) is 17.3. The molecule has 29 heavy (non-hydrogen) atoms. The molecule has 2 heterocycles. The van der Waals surface area contributed by atoms with Crippen molar-refractivity contribution < 1.29 is 9.18 Å². The van der Waals surface area contributed by atoms with Gasteiger partial charge in [0.05, 0.1) is 0 Å². The van der Waals surface area contributed by atoms with Crippen LogP contribution in [0.2, 0.25) is 0 Å². The van der Waals surface area contributed by atoms with Gasteiger partial charge >= 0.3 is 0 Å². The van der Waals surface area contributed by atoms with Crippen molar-refractivity contribution in [2.24, 2.45) is 5.92 Å². The number of carbonyl (C=O) groups is 1. The summed E-state index contributed by atoms with van der Waals surface area (Å²) in [5.41, 5.74) is 2.64. The lowest BCUT2D eigenvalue weighted by Gasteiger charge is -2.39. The number of aromatic nitrogens is 2. The molecular weight excluding hydrogens is 367 g/mol. The minimum absolute atomic E-state index is 0.197. The van der Waals surface area contributed by atoms with Gasteiger partial charge in [-0.05, 0) is 37.8 Å². The first-order valence-corrected chi connectivity index (χ1v) is 10.7. The molecule has 0 spiro atoms. The lowest BCUT2D eigenvalue weighted by Crippen LogP contribution is -2.51. The Morgan fingerprint density at radius 3 is 2.48 bits per heavy atom. The SMILES string of the molecule is CCc1nc(C)nc(N2CCN(C(=O)C3CCC3)CC2)c1Cc1ccccc1F. The van der Waals surface area contributed by atoms with Crippen molar-refractivity contribution in [1.82, 2.24) is 14.9 Å². The van der Waals surface area contributed by atoms with Crippen molar-refractivity contribution >= 4 is 11.7 Å². The number of carbonyl (C=O) groups excluding carboxylic acids is 1. The quantitative estimate of drug-likeness (QED) is 0.776. The van der Waals surface area contributed by atoms with Gasteiger partial charge in [0.2, 0.25) is 5.91 Å². The molecule has 0 radical (unpaired) electrons. The smallest absolute Gasteiger partial charge is 0.225 e. The molecule has 154 valence electrons. The fraction of sp³-hybridized carbons (Fsp3) is 0.522. The molecular formula is C23H29FN4O. The van der Waals surface area contributed by atoms with Crippen molar-refractivity contribution in [3.8, 4) is 0 Å². The molecule has 5 nitrogen and oxygen atoms in total. The summed E-state index contributed by atoms with van der Waals surface area (Å²) in [6.45, 7) is 6.93. The number of hydrogen-bond donors (Lipinski definition) is 0. The second-order valence-electron chi connectivity index (χ2n) is 8.08. The summed E-state index contributed by atoms with van der Waals surface area (Å²) in [5, 5.41) is 0. The molecule has 0 N–H and O–H groups in total. The Morgan fingerprint density at radius 2 is 1.86 bits per heavy atom. The number of hydrogen-bond acceptors (Lipinski definition) is 4. The summed E-state index contributed by atoms with van der Waals surface area (Å²) < 4.78 is 14.3. The molecule has 2 aliphatic rings. The molecule has 1 aromatic carbocycles. The average Bonchev–Trinajstić information content (AvgIpc) is 2.69. The van der Waals surface area contributed by atoms with Crippen LogP contribution in [0.15, 0.2) is 24.3 Å². The predicted octanol–water partition coefficient (Wildman–Crippen LogP) is 3.53. The number of halogens is 1. The molecule has 0 unspecified atom stereocenters.